The maximum absolute atomic E-state index is 13.1. The third-order valence-electron chi connectivity index (χ3n) is 3.81. The third-order valence-corrected chi connectivity index (χ3v) is 3.81. The summed E-state index contributed by atoms with van der Waals surface area (Å²) in [5.74, 6) is -0.583. The molecule has 0 bridgehead atoms. The third kappa shape index (κ3) is 8.02. The van der Waals surface area contributed by atoms with Gasteiger partial charge in [-0.25, -0.2) is 19.4 Å². The summed E-state index contributed by atoms with van der Waals surface area (Å²) in [7, 11) is 0. The Morgan fingerprint density at radius 2 is 1.47 bits per heavy atom. The van der Waals surface area contributed by atoms with E-state index in [2.05, 4.69) is 9.97 Å². The van der Waals surface area contributed by atoms with E-state index < -0.39 is 36.0 Å². The Kier molecular flexibility index (Phi) is 8.56. The number of imide groups is 1. The monoisotopic (exact) mass is 473 g/mol. The standard InChI is InChI=1S/C24H31N3O7/c1-8-31-18(28)15-32-20-25-14-17(19(26-20)16-12-10-9-11-13-16)27(21(29)33-23(2,3)4)22(30)34-24(5,6)7/h9-14H,8,15H2,1-7H3. The second-order valence-corrected chi connectivity index (χ2v) is 9.14. The first-order valence-electron chi connectivity index (χ1n) is 10.8. The molecular formula is C24H31N3O7. The SMILES string of the molecule is CCOC(=O)COc1ncc(N(C(=O)OC(C)(C)C)C(=O)OC(C)(C)C)c(-c2ccccc2)n1. The number of nitrogens with zero attached hydrogens (tertiary/aromatic N) is 3. The molecule has 1 aromatic carbocycles. The Bertz CT molecular complexity index is 983. The van der Waals surface area contributed by atoms with Crippen LogP contribution in [-0.4, -0.2) is 52.5 Å². The molecule has 184 valence electrons. The zero-order chi connectivity index (χ0) is 25.5. The molecule has 0 radical (unpaired) electrons. The van der Waals surface area contributed by atoms with Crippen LogP contribution in [-0.2, 0) is 19.0 Å². The summed E-state index contributed by atoms with van der Waals surface area (Å²) in [6, 6.07) is 8.69. The van der Waals surface area contributed by atoms with Gasteiger partial charge in [0.1, 0.15) is 22.6 Å². The van der Waals surface area contributed by atoms with Gasteiger partial charge in [-0.2, -0.15) is 9.88 Å². The minimum atomic E-state index is -0.956. The van der Waals surface area contributed by atoms with Gasteiger partial charge in [-0.3, -0.25) is 0 Å². The molecule has 0 aliphatic heterocycles. The van der Waals surface area contributed by atoms with Gasteiger partial charge in [-0.05, 0) is 48.5 Å². The second kappa shape index (κ2) is 11.0. The number of carbonyl (C=O) groups excluding carboxylic acids is 3. The van der Waals surface area contributed by atoms with Crippen LogP contribution >= 0.6 is 0 Å². The van der Waals surface area contributed by atoms with E-state index >= 15 is 0 Å². The summed E-state index contributed by atoms with van der Waals surface area (Å²) in [6.45, 7) is 11.6. The maximum atomic E-state index is 13.1. The number of rotatable bonds is 6. The minimum Gasteiger partial charge on any atom is -0.463 e. The highest BCUT2D eigenvalue weighted by molar-refractivity contribution is 6.11. The van der Waals surface area contributed by atoms with Crippen LogP contribution in [0, 0.1) is 0 Å². The van der Waals surface area contributed by atoms with Crippen LogP contribution in [0.3, 0.4) is 0 Å². The fourth-order valence-electron chi connectivity index (χ4n) is 2.61. The van der Waals surface area contributed by atoms with Crippen molar-refractivity contribution in [2.45, 2.75) is 59.7 Å². The average Bonchev–Trinajstić information content (AvgIpc) is 2.71. The molecule has 1 heterocycles. The molecule has 0 unspecified atom stereocenters. The van der Waals surface area contributed by atoms with E-state index in [0.717, 1.165) is 4.90 Å². The van der Waals surface area contributed by atoms with Crippen LogP contribution < -0.4 is 9.64 Å². The molecule has 34 heavy (non-hydrogen) atoms. The highest BCUT2D eigenvalue weighted by atomic mass is 16.6. The molecule has 10 heteroatoms. The number of aromatic nitrogens is 2. The van der Waals surface area contributed by atoms with Crippen molar-refractivity contribution < 1.29 is 33.3 Å². The molecule has 2 aromatic rings. The van der Waals surface area contributed by atoms with Crippen molar-refractivity contribution in [3.8, 4) is 17.3 Å². The first-order valence-corrected chi connectivity index (χ1v) is 10.8. The van der Waals surface area contributed by atoms with Crippen molar-refractivity contribution in [1.82, 2.24) is 9.97 Å². The van der Waals surface area contributed by atoms with Crippen molar-refractivity contribution in [2.24, 2.45) is 0 Å². The number of esters is 1. The molecule has 0 aliphatic rings. The van der Waals surface area contributed by atoms with Gasteiger partial charge in [-0.1, -0.05) is 30.3 Å². The van der Waals surface area contributed by atoms with E-state index in [0.29, 0.717) is 5.56 Å². The van der Waals surface area contributed by atoms with Crippen molar-refractivity contribution in [3.05, 3.63) is 36.5 Å². The van der Waals surface area contributed by atoms with E-state index in [1.165, 1.54) is 6.20 Å². The van der Waals surface area contributed by atoms with Crippen molar-refractivity contribution in [3.63, 3.8) is 0 Å². The minimum absolute atomic E-state index is 0.0261. The molecule has 2 amide bonds. The lowest BCUT2D eigenvalue weighted by Crippen LogP contribution is -2.44. The molecule has 0 saturated carbocycles. The lowest BCUT2D eigenvalue weighted by molar-refractivity contribution is -0.145. The van der Waals surface area contributed by atoms with Gasteiger partial charge in [0.2, 0.25) is 0 Å². The van der Waals surface area contributed by atoms with E-state index in [-0.39, 0.29) is 24.0 Å². The van der Waals surface area contributed by atoms with Gasteiger partial charge in [0.15, 0.2) is 6.61 Å². The number of ether oxygens (including phenoxy) is 4. The highest BCUT2D eigenvalue weighted by Crippen LogP contribution is 2.32. The number of carbonyl (C=O) groups is 3. The number of anilines is 1. The smallest absolute Gasteiger partial charge is 0.424 e. The summed E-state index contributed by atoms with van der Waals surface area (Å²) >= 11 is 0. The van der Waals surface area contributed by atoms with Gasteiger partial charge in [0.05, 0.1) is 12.8 Å². The summed E-state index contributed by atoms with van der Waals surface area (Å²) in [5, 5.41) is 0. The molecule has 0 spiro atoms. The van der Waals surface area contributed by atoms with E-state index in [1.807, 2.05) is 6.07 Å². The summed E-state index contributed by atoms with van der Waals surface area (Å²) < 4.78 is 21.1. The summed E-state index contributed by atoms with van der Waals surface area (Å²) in [5.41, 5.74) is -0.968. The van der Waals surface area contributed by atoms with Crippen molar-refractivity contribution >= 4 is 23.8 Å². The van der Waals surface area contributed by atoms with E-state index in [4.69, 9.17) is 18.9 Å². The molecule has 2 rings (SSSR count). The van der Waals surface area contributed by atoms with Crippen molar-refractivity contribution in [2.75, 3.05) is 18.1 Å². The highest BCUT2D eigenvalue weighted by Gasteiger charge is 2.35. The molecule has 0 atom stereocenters. The average molecular weight is 474 g/mol. The Labute approximate surface area is 199 Å². The molecule has 0 aliphatic carbocycles. The normalized spacial score (nSPS) is 11.4. The lowest BCUT2D eigenvalue weighted by atomic mass is 10.1. The zero-order valence-electron chi connectivity index (χ0n) is 20.6. The van der Waals surface area contributed by atoms with Crippen LogP contribution in [0.1, 0.15) is 48.5 Å². The molecule has 1 aromatic heterocycles. The number of hydrogen-bond donors (Lipinski definition) is 0. The van der Waals surface area contributed by atoms with Crippen LogP contribution in [0.25, 0.3) is 11.3 Å². The topological polar surface area (TPSA) is 117 Å². The fraction of sp³-hybridized carbons (Fsp3) is 0.458. The van der Waals surface area contributed by atoms with Crippen LogP contribution in [0.15, 0.2) is 36.5 Å². The first kappa shape index (κ1) is 26.6. The largest absolute Gasteiger partial charge is 0.463 e. The Hall–Kier alpha value is -3.69. The fourth-order valence-corrected chi connectivity index (χ4v) is 2.61. The van der Waals surface area contributed by atoms with Crippen LogP contribution in [0.2, 0.25) is 0 Å². The molecule has 0 saturated heterocycles. The van der Waals surface area contributed by atoms with Gasteiger partial charge < -0.3 is 18.9 Å². The zero-order valence-corrected chi connectivity index (χ0v) is 20.6. The number of benzene rings is 1. The van der Waals surface area contributed by atoms with Crippen LogP contribution in [0.4, 0.5) is 15.3 Å². The number of hydrogen-bond acceptors (Lipinski definition) is 9. The van der Waals surface area contributed by atoms with Gasteiger partial charge in [-0.15, -0.1) is 0 Å². The molecule has 0 fully saturated rings. The van der Waals surface area contributed by atoms with Crippen molar-refractivity contribution in [1.29, 1.82) is 0 Å². The lowest BCUT2D eigenvalue weighted by Gasteiger charge is -2.29. The Morgan fingerprint density at radius 1 is 0.912 bits per heavy atom. The van der Waals surface area contributed by atoms with Gasteiger partial charge in [0, 0.05) is 5.56 Å². The van der Waals surface area contributed by atoms with E-state index in [9.17, 15) is 14.4 Å². The Morgan fingerprint density at radius 3 is 1.97 bits per heavy atom. The molecule has 10 nitrogen and oxygen atoms in total. The quantitative estimate of drug-likeness (QED) is 0.432. The summed E-state index contributed by atoms with van der Waals surface area (Å²) in [4.78, 5) is 47.0. The predicted octanol–water partition coefficient (Wildman–Crippen LogP) is 4.76. The maximum Gasteiger partial charge on any atom is 0.424 e. The molecular weight excluding hydrogens is 442 g/mol. The Balaban J connectivity index is 2.57. The van der Waals surface area contributed by atoms with Crippen LogP contribution in [0.5, 0.6) is 6.01 Å². The number of amides is 2. The van der Waals surface area contributed by atoms with E-state index in [1.54, 1.807) is 72.7 Å². The predicted molar refractivity (Wildman–Crippen MR) is 125 cm³/mol. The van der Waals surface area contributed by atoms with Gasteiger partial charge >= 0.3 is 24.2 Å². The second-order valence-electron chi connectivity index (χ2n) is 9.14. The van der Waals surface area contributed by atoms with Gasteiger partial charge in [0.25, 0.3) is 0 Å². The summed E-state index contributed by atoms with van der Waals surface area (Å²) in [6.07, 6.45) is -0.672. The first-order chi connectivity index (χ1) is 15.8. The molecule has 0 N–H and O–H groups in total.